The molecular weight excluding hydrogens is 851 g/mol. The van der Waals surface area contributed by atoms with E-state index in [0.717, 1.165) is 40.1 Å². The number of ether oxygens (including phenoxy) is 1. The molecule has 2 aliphatic heterocycles. The van der Waals surface area contributed by atoms with Crippen molar-refractivity contribution in [3.63, 3.8) is 0 Å². The molecule has 0 unspecified atom stereocenters. The van der Waals surface area contributed by atoms with Crippen LogP contribution in [0.25, 0.3) is 11.4 Å². The summed E-state index contributed by atoms with van der Waals surface area (Å²) < 4.78 is 1.99. The Morgan fingerprint density at radius 2 is 1.48 bits per heavy atom. The number of rotatable bonds is 16. The van der Waals surface area contributed by atoms with Gasteiger partial charge in [0, 0.05) is 29.0 Å². The molecule has 2 aliphatic rings. The molecule has 0 aliphatic carbocycles. The molecule has 0 spiro atoms. The Kier molecular flexibility index (Phi) is 15.2. The number of amides is 1. The lowest BCUT2D eigenvalue weighted by Crippen LogP contribution is -2.30. The van der Waals surface area contributed by atoms with Gasteiger partial charge in [0.2, 0.25) is 7.59 Å². The first-order valence-corrected chi connectivity index (χ1v) is 20.7. The van der Waals surface area contributed by atoms with Gasteiger partial charge in [-0.25, -0.2) is 15.0 Å². The van der Waals surface area contributed by atoms with Crippen LogP contribution in [0.4, 0.5) is 5.69 Å². The highest BCUT2D eigenvalue weighted by molar-refractivity contribution is 8.27. The summed E-state index contributed by atoms with van der Waals surface area (Å²) in [6.45, 7) is 3.40. The van der Waals surface area contributed by atoms with Gasteiger partial charge < -0.3 is 9.64 Å². The van der Waals surface area contributed by atoms with Gasteiger partial charge in [0.15, 0.2) is 27.6 Å². The van der Waals surface area contributed by atoms with Crippen LogP contribution in [0, 0.1) is 0 Å². The van der Waals surface area contributed by atoms with Crippen LogP contribution >= 0.6 is 105 Å². The van der Waals surface area contributed by atoms with Crippen molar-refractivity contribution in [2.45, 2.75) is 64.4 Å². The van der Waals surface area contributed by atoms with E-state index in [0.29, 0.717) is 20.4 Å². The van der Waals surface area contributed by atoms with Crippen molar-refractivity contribution in [3.8, 4) is 11.4 Å². The molecule has 3 aromatic rings. The number of hydrogen-bond donors (Lipinski definition) is 0. The number of alkyl halides is 6. The molecule has 1 fully saturated rings. The molecule has 1 saturated heterocycles. The van der Waals surface area contributed by atoms with E-state index in [1.54, 1.807) is 36.0 Å². The van der Waals surface area contributed by atoms with Gasteiger partial charge in [-0.15, -0.1) is 0 Å². The third-order valence-corrected chi connectivity index (χ3v) is 11.5. The minimum Gasteiger partial charge on any atom is -0.378 e. The monoisotopic (exact) mass is 881 g/mol. The van der Waals surface area contributed by atoms with E-state index < -0.39 is 7.59 Å². The summed E-state index contributed by atoms with van der Waals surface area (Å²) in [7, 11) is 0. The Hall–Kier alpha value is -1.42. The second kappa shape index (κ2) is 18.9. The number of carbonyl (C=O) groups is 2. The van der Waals surface area contributed by atoms with Crippen LogP contribution in [0.1, 0.15) is 73.9 Å². The minimum atomic E-state index is -1.99. The first-order chi connectivity index (χ1) is 24.8. The summed E-state index contributed by atoms with van der Waals surface area (Å²) in [4.78, 5) is 48.3. The molecule has 3 heterocycles. The zero-order valence-electron chi connectivity index (χ0n) is 27.8. The van der Waals surface area contributed by atoms with Crippen molar-refractivity contribution in [1.82, 2.24) is 20.0 Å². The average molecular weight is 885 g/mol. The summed E-state index contributed by atoms with van der Waals surface area (Å²) in [5, 5.41) is 2.04. The summed E-state index contributed by atoms with van der Waals surface area (Å²) in [5.41, 5.74) is 2.02. The summed E-state index contributed by atoms with van der Waals surface area (Å²) in [6, 6.07) is 14.6. The molecule has 0 saturated carbocycles. The van der Waals surface area contributed by atoms with Gasteiger partial charge in [-0.2, -0.15) is 5.06 Å². The van der Waals surface area contributed by atoms with Gasteiger partial charge in [-0.3, -0.25) is 14.4 Å². The van der Waals surface area contributed by atoms with Crippen LogP contribution in [0.2, 0.25) is 0 Å². The molecule has 0 bridgehead atoms. The molecule has 0 radical (unpaired) electrons. The van der Waals surface area contributed by atoms with Crippen LogP contribution in [0.5, 0.6) is 0 Å². The first kappa shape index (κ1) is 41.7. The maximum atomic E-state index is 13.5. The minimum absolute atomic E-state index is 0.0745. The Morgan fingerprint density at radius 3 is 2.15 bits per heavy atom. The highest BCUT2D eigenvalue weighted by Gasteiger charge is 2.40. The molecule has 2 aromatic carbocycles. The highest BCUT2D eigenvalue weighted by Crippen LogP contribution is 2.51. The number of fused-ring (bicyclic) bond motifs is 1. The Morgan fingerprint density at radius 1 is 0.827 bits per heavy atom. The first-order valence-electron chi connectivity index (χ1n) is 16.4. The summed E-state index contributed by atoms with van der Waals surface area (Å²) in [5.74, 6) is -0.796. The van der Waals surface area contributed by atoms with Crippen molar-refractivity contribution in [1.29, 1.82) is 0 Å². The van der Waals surface area contributed by atoms with Crippen molar-refractivity contribution >= 4 is 127 Å². The summed E-state index contributed by atoms with van der Waals surface area (Å²) >= 11 is 44.2. The van der Waals surface area contributed by atoms with E-state index in [9.17, 15) is 9.59 Å². The molecule has 1 amide bonds. The number of ketones is 1. The third kappa shape index (κ3) is 10.9. The molecular formula is C34H33Cl6N5O4S3. The zero-order chi connectivity index (χ0) is 37.5. The summed E-state index contributed by atoms with van der Waals surface area (Å²) in [6.07, 6.45) is 7.21. The van der Waals surface area contributed by atoms with Crippen LogP contribution < -0.4 is 4.90 Å². The van der Waals surface area contributed by atoms with E-state index in [1.165, 1.54) is 37.4 Å². The molecule has 52 heavy (non-hydrogen) atoms. The second-order valence-corrected chi connectivity index (χ2v) is 18.8. The standard InChI is InChI=1S/C34H33Cl6N5O4S3/c1-2-3-4-5-6-9-17-44-23-10-7-8-11-25(23)51-29(44)26-28(47)45(32(50)52-26)49-20-19-48-18-16-24(46)21-12-14-22(15-13-21)27-41-30(33(35,36)37)43-31(42-27)34(38,39)40/h7-8,10-15H,2-6,9,16-20H2,1H3/b29-26+. The average Bonchev–Trinajstić information content (AvgIpc) is 3.62. The lowest BCUT2D eigenvalue weighted by atomic mass is 10.1. The van der Waals surface area contributed by atoms with Crippen molar-refractivity contribution < 1.29 is 19.2 Å². The van der Waals surface area contributed by atoms with E-state index >= 15 is 0 Å². The normalized spacial score (nSPS) is 16.3. The van der Waals surface area contributed by atoms with E-state index in [1.807, 2.05) is 12.1 Å². The third-order valence-electron chi connectivity index (χ3n) is 7.80. The number of thioether (sulfide) groups is 2. The second-order valence-electron chi connectivity index (χ2n) is 11.6. The Labute approximate surface area is 346 Å². The topological polar surface area (TPSA) is 97.8 Å². The maximum absolute atomic E-state index is 13.5. The van der Waals surface area contributed by atoms with Gasteiger partial charge in [0.1, 0.15) is 9.93 Å². The Balaban J connectivity index is 1.10. The van der Waals surface area contributed by atoms with Crippen LogP contribution in [-0.4, -0.2) is 62.4 Å². The lowest BCUT2D eigenvalue weighted by molar-refractivity contribution is -0.159. The number of para-hydroxylation sites is 1. The van der Waals surface area contributed by atoms with E-state index in [2.05, 4.69) is 38.9 Å². The molecule has 5 rings (SSSR count). The molecule has 18 heteroatoms. The van der Waals surface area contributed by atoms with E-state index in [4.69, 9.17) is 91.4 Å². The van der Waals surface area contributed by atoms with Crippen LogP contribution in [0.15, 0.2) is 63.4 Å². The number of thiocarbonyl (C=S) groups is 1. The van der Waals surface area contributed by atoms with Gasteiger partial charge in [-0.1, -0.05) is 157 Å². The molecule has 0 N–H and O–H groups in total. The predicted octanol–water partition coefficient (Wildman–Crippen LogP) is 10.7. The van der Waals surface area contributed by atoms with E-state index in [-0.39, 0.29) is 55.4 Å². The number of benzene rings is 2. The number of hydroxylamine groups is 2. The zero-order valence-corrected chi connectivity index (χ0v) is 34.7. The number of nitrogens with zero attached hydrogens (tertiary/aromatic N) is 5. The fraction of sp³-hybridized carbons (Fsp3) is 0.412. The smallest absolute Gasteiger partial charge is 0.293 e. The van der Waals surface area contributed by atoms with Crippen molar-refractivity contribution in [3.05, 3.63) is 75.7 Å². The molecule has 1 aromatic heterocycles. The SMILES string of the molecule is CCCCCCCCN1/C(=C2\SC(=S)N(OCCOCCC(=O)c3ccc(-c4nc(C(Cl)(Cl)Cl)nc(C(Cl)(Cl)Cl)n4)cc3)C2=O)Sc2ccccc21. The van der Waals surface area contributed by atoms with Gasteiger partial charge in [-0.05, 0) is 42.5 Å². The number of carbonyl (C=O) groups excluding carboxylic acids is 2. The molecule has 278 valence electrons. The predicted molar refractivity (Wildman–Crippen MR) is 217 cm³/mol. The van der Waals surface area contributed by atoms with Gasteiger partial charge in [0.25, 0.3) is 5.91 Å². The fourth-order valence-corrected chi connectivity index (χ4v) is 8.25. The largest absolute Gasteiger partial charge is 0.378 e. The number of aromatic nitrogens is 3. The molecule has 9 nitrogen and oxygen atoms in total. The number of anilines is 1. The van der Waals surface area contributed by atoms with Crippen LogP contribution in [0.3, 0.4) is 0 Å². The maximum Gasteiger partial charge on any atom is 0.293 e. The number of unbranched alkanes of at least 4 members (excludes halogenated alkanes) is 5. The number of halogens is 6. The quantitative estimate of drug-likeness (QED) is 0.0452. The Bertz CT molecular complexity index is 1770. The lowest BCUT2D eigenvalue weighted by Gasteiger charge is -2.21. The van der Waals surface area contributed by atoms with Gasteiger partial charge >= 0.3 is 0 Å². The van der Waals surface area contributed by atoms with Crippen molar-refractivity contribution in [2.75, 3.05) is 31.3 Å². The van der Waals surface area contributed by atoms with Crippen LogP contribution in [-0.2, 0) is 22.0 Å². The van der Waals surface area contributed by atoms with Crippen molar-refractivity contribution in [2.24, 2.45) is 0 Å². The highest BCUT2D eigenvalue weighted by atomic mass is 35.6. The van der Waals surface area contributed by atoms with Gasteiger partial charge in [0.05, 0.1) is 25.5 Å². The number of hydrogen-bond acceptors (Lipinski definition) is 11. The number of Topliss-reactive ketones (excluding diaryl/α,β-unsaturated/α-hetero) is 1. The molecule has 0 atom stereocenters. The fourth-order valence-electron chi connectivity index (χ4n) is 5.23.